The van der Waals surface area contributed by atoms with Gasteiger partial charge in [-0.3, -0.25) is 14.9 Å². The lowest BCUT2D eigenvalue weighted by Crippen LogP contribution is -2.51. The summed E-state index contributed by atoms with van der Waals surface area (Å²) in [5, 5.41) is 11.0. The van der Waals surface area contributed by atoms with Crippen molar-refractivity contribution in [3.63, 3.8) is 0 Å². The van der Waals surface area contributed by atoms with E-state index in [1.165, 1.54) is 12.1 Å². The number of hydrogen-bond acceptors (Lipinski definition) is 7. The second-order valence-corrected chi connectivity index (χ2v) is 8.49. The maximum absolute atomic E-state index is 12.6. The Bertz CT molecular complexity index is 983. The molecule has 1 aliphatic heterocycles. The summed E-state index contributed by atoms with van der Waals surface area (Å²) in [4.78, 5) is 36.8. The number of nitro benzene ring substituents is 1. The molecule has 0 bridgehead atoms. The first-order chi connectivity index (χ1) is 15.5. The van der Waals surface area contributed by atoms with Crippen molar-refractivity contribution in [2.45, 2.75) is 39.2 Å². The molecule has 32 heavy (non-hydrogen) atoms. The average molecular weight is 440 g/mol. The molecule has 4 rings (SSSR count). The van der Waals surface area contributed by atoms with Crippen molar-refractivity contribution in [2.75, 3.05) is 38.2 Å². The zero-order valence-electron chi connectivity index (χ0n) is 18.6. The standard InChI is InChI=1S/C23H29N5O4/c1-16-24-21(15-32-2)20(14-17-6-8-19(9-7-17)28(30)31)22(25-16)26-10-12-27(13-11-26)23(29)18-4-3-5-18/h6-9,18H,3-5,10-15H2,1-2H3. The van der Waals surface area contributed by atoms with Crippen LogP contribution in [0.3, 0.4) is 0 Å². The first-order valence-electron chi connectivity index (χ1n) is 11.1. The van der Waals surface area contributed by atoms with Gasteiger partial charge in [-0.1, -0.05) is 18.6 Å². The number of nitrogens with zero attached hydrogens (tertiary/aromatic N) is 5. The topological polar surface area (TPSA) is 102 Å². The summed E-state index contributed by atoms with van der Waals surface area (Å²) < 4.78 is 5.40. The molecule has 2 aromatic rings. The second-order valence-electron chi connectivity index (χ2n) is 8.49. The van der Waals surface area contributed by atoms with Crippen LogP contribution in [0.15, 0.2) is 24.3 Å². The molecule has 170 valence electrons. The first kappa shape index (κ1) is 22.1. The Balaban J connectivity index is 1.57. The lowest BCUT2D eigenvalue weighted by atomic mass is 9.84. The molecule has 9 heteroatoms. The lowest BCUT2D eigenvalue weighted by Gasteiger charge is -2.39. The largest absolute Gasteiger partial charge is 0.378 e. The van der Waals surface area contributed by atoms with Crippen molar-refractivity contribution in [3.8, 4) is 0 Å². The first-order valence-corrected chi connectivity index (χ1v) is 11.1. The number of methoxy groups -OCH3 is 1. The third-order valence-corrected chi connectivity index (χ3v) is 6.34. The zero-order valence-corrected chi connectivity index (χ0v) is 18.6. The molecular formula is C23H29N5O4. The van der Waals surface area contributed by atoms with Crippen molar-refractivity contribution in [3.05, 3.63) is 57.0 Å². The third kappa shape index (κ3) is 4.72. The summed E-state index contributed by atoms with van der Waals surface area (Å²) in [5.41, 5.74) is 2.80. The average Bonchev–Trinajstić information content (AvgIpc) is 2.75. The summed E-state index contributed by atoms with van der Waals surface area (Å²) >= 11 is 0. The van der Waals surface area contributed by atoms with Gasteiger partial charge >= 0.3 is 0 Å². The van der Waals surface area contributed by atoms with Gasteiger partial charge < -0.3 is 14.5 Å². The molecule has 9 nitrogen and oxygen atoms in total. The van der Waals surface area contributed by atoms with Gasteiger partial charge in [0, 0.05) is 63.3 Å². The van der Waals surface area contributed by atoms with E-state index in [-0.39, 0.29) is 11.6 Å². The molecule has 1 aromatic heterocycles. The van der Waals surface area contributed by atoms with Crippen LogP contribution in [0, 0.1) is 23.0 Å². The van der Waals surface area contributed by atoms with Crippen molar-refractivity contribution < 1.29 is 14.5 Å². The highest BCUT2D eigenvalue weighted by atomic mass is 16.6. The Kier molecular flexibility index (Phi) is 6.64. The highest BCUT2D eigenvalue weighted by Crippen LogP contribution is 2.30. The van der Waals surface area contributed by atoms with Crippen LogP contribution in [0.25, 0.3) is 0 Å². The molecule has 2 fully saturated rings. The van der Waals surface area contributed by atoms with Crippen LogP contribution in [0.1, 0.15) is 41.9 Å². The Morgan fingerprint density at radius 2 is 1.84 bits per heavy atom. The molecule has 1 saturated carbocycles. The number of aryl methyl sites for hydroxylation is 1. The molecule has 0 N–H and O–H groups in total. The van der Waals surface area contributed by atoms with Crippen LogP contribution >= 0.6 is 0 Å². The van der Waals surface area contributed by atoms with Gasteiger partial charge in [-0.2, -0.15) is 0 Å². The number of nitro groups is 1. The summed E-state index contributed by atoms with van der Waals surface area (Å²) in [6.45, 7) is 5.04. The number of benzene rings is 1. The molecule has 0 radical (unpaired) electrons. The van der Waals surface area contributed by atoms with Crippen molar-refractivity contribution in [1.29, 1.82) is 0 Å². The summed E-state index contributed by atoms with van der Waals surface area (Å²) in [6.07, 6.45) is 3.74. The minimum absolute atomic E-state index is 0.0681. The number of anilines is 1. The number of rotatable bonds is 7. The molecule has 0 atom stereocenters. The van der Waals surface area contributed by atoms with Crippen LogP contribution in [0.2, 0.25) is 0 Å². The van der Waals surface area contributed by atoms with Crippen LogP contribution < -0.4 is 4.90 Å². The summed E-state index contributed by atoms with van der Waals surface area (Å²) in [7, 11) is 1.64. The number of aromatic nitrogens is 2. The SMILES string of the molecule is COCc1nc(C)nc(N2CCN(C(=O)C3CCC3)CC2)c1Cc1ccc([N+](=O)[O-])cc1. The van der Waals surface area contributed by atoms with E-state index < -0.39 is 4.92 Å². The minimum atomic E-state index is -0.398. The molecule has 2 heterocycles. The Labute approximate surface area is 187 Å². The Morgan fingerprint density at radius 1 is 1.16 bits per heavy atom. The maximum Gasteiger partial charge on any atom is 0.269 e. The van der Waals surface area contributed by atoms with Crippen molar-refractivity contribution in [1.82, 2.24) is 14.9 Å². The second kappa shape index (κ2) is 9.60. The minimum Gasteiger partial charge on any atom is -0.378 e. The predicted octanol–water partition coefficient (Wildman–Crippen LogP) is 2.88. The lowest BCUT2D eigenvalue weighted by molar-refractivity contribution is -0.384. The Morgan fingerprint density at radius 3 is 2.41 bits per heavy atom. The van der Waals surface area contributed by atoms with Crippen LogP contribution in [0.5, 0.6) is 0 Å². The molecule has 2 aliphatic rings. The number of carbonyl (C=O) groups is 1. The molecule has 1 aromatic carbocycles. The number of amides is 1. The molecule has 0 unspecified atom stereocenters. The van der Waals surface area contributed by atoms with E-state index in [0.29, 0.717) is 50.9 Å². The van der Waals surface area contributed by atoms with Gasteiger partial charge in [0.2, 0.25) is 5.91 Å². The van der Waals surface area contributed by atoms with E-state index >= 15 is 0 Å². The predicted molar refractivity (Wildman–Crippen MR) is 120 cm³/mol. The summed E-state index contributed by atoms with van der Waals surface area (Å²) in [6, 6.07) is 6.58. The van der Waals surface area contributed by atoms with Crippen LogP contribution in [0.4, 0.5) is 11.5 Å². The smallest absolute Gasteiger partial charge is 0.269 e. The van der Waals surface area contributed by atoms with E-state index in [1.54, 1.807) is 19.2 Å². The van der Waals surface area contributed by atoms with E-state index in [1.807, 2.05) is 11.8 Å². The van der Waals surface area contributed by atoms with Gasteiger partial charge in [0.15, 0.2) is 0 Å². The van der Waals surface area contributed by atoms with Gasteiger partial charge in [0.05, 0.1) is 17.2 Å². The molecule has 1 amide bonds. The fourth-order valence-electron chi connectivity index (χ4n) is 4.33. The van der Waals surface area contributed by atoms with Crippen LogP contribution in [-0.4, -0.2) is 59.0 Å². The maximum atomic E-state index is 12.6. The van der Waals surface area contributed by atoms with Crippen molar-refractivity contribution in [2.24, 2.45) is 5.92 Å². The number of hydrogen-bond donors (Lipinski definition) is 0. The number of non-ortho nitro benzene ring substituents is 1. The molecule has 1 saturated heterocycles. The van der Waals surface area contributed by atoms with E-state index in [9.17, 15) is 14.9 Å². The molecule has 1 aliphatic carbocycles. The van der Waals surface area contributed by atoms with Gasteiger partial charge in [-0.05, 0) is 25.3 Å². The van der Waals surface area contributed by atoms with Crippen molar-refractivity contribution >= 4 is 17.4 Å². The normalized spacial score (nSPS) is 16.7. The van der Waals surface area contributed by atoms with E-state index in [2.05, 4.69) is 9.88 Å². The number of carbonyl (C=O) groups excluding carboxylic acids is 1. The highest BCUT2D eigenvalue weighted by molar-refractivity contribution is 5.80. The number of piperazine rings is 1. The van der Waals surface area contributed by atoms with Crippen LogP contribution in [-0.2, 0) is 22.6 Å². The van der Waals surface area contributed by atoms with Gasteiger partial charge in [0.25, 0.3) is 5.69 Å². The highest BCUT2D eigenvalue weighted by Gasteiger charge is 2.32. The fraction of sp³-hybridized carbons (Fsp3) is 0.522. The van der Waals surface area contributed by atoms with Gasteiger partial charge in [-0.25, -0.2) is 9.97 Å². The van der Waals surface area contributed by atoms with Gasteiger partial charge in [0.1, 0.15) is 11.6 Å². The van der Waals surface area contributed by atoms with E-state index in [4.69, 9.17) is 9.72 Å². The molecule has 0 spiro atoms. The number of ether oxygens (including phenoxy) is 1. The van der Waals surface area contributed by atoms with Gasteiger partial charge in [-0.15, -0.1) is 0 Å². The summed E-state index contributed by atoms with van der Waals surface area (Å²) in [5.74, 6) is 2.04. The third-order valence-electron chi connectivity index (χ3n) is 6.34. The Hall–Kier alpha value is -3.07. The van der Waals surface area contributed by atoms with E-state index in [0.717, 1.165) is 41.9 Å². The molecular weight excluding hydrogens is 410 g/mol. The monoisotopic (exact) mass is 439 g/mol. The fourth-order valence-corrected chi connectivity index (χ4v) is 4.33. The quantitative estimate of drug-likeness (QED) is 0.483. The zero-order chi connectivity index (χ0) is 22.7.